The maximum absolute atomic E-state index is 12.0. The summed E-state index contributed by atoms with van der Waals surface area (Å²) >= 11 is 0. The predicted octanol–water partition coefficient (Wildman–Crippen LogP) is 4.82. The molecule has 0 amide bonds. The van der Waals surface area contributed by atoms with Crippen LogP contribution in [0, 0.1) is 0 Å². The number of carbonyl (C=O) groups excluding carboxylic acids is 1. The molecule has 1 unspecified atom stereocenters. The Bertz CT molecular complexity index is 816. The number of hydrogen-bond donors (Lipinski definition) is 1. The molecule has 0 radical (unpaired) electrons. The standard InChI is InChI=1S/C21H24N2O2/c1-3-4-8-17-16-7-5-6-14-11-12-23(20(14)16)19-10-9-15(21(24)25-2)13-18(19)22-17/h5-7,9-10,13,17,22H,3-4,8,11-12H2,1-2H3. The number of fused-ring (bicyclic) bond motifs is 2. The van der Waals surface area contributed by atoms with Crippen LogP contribution in [0.1, 0.15) is 53.7 Å². The topological polar surface area (TPSA) is 41.6 Å². The van der Waals surface area contributed by atoms with Gasteiger partial charge >= 0.3 is 5.97 Å². The monoisotopic (exact) mass is 336 g/mol. The first-order valence-corrected chi connectivity index (χ1v) is 9.11. The lowest BCUT2D eigenvalue weighted by atomic mass is 9.97. The number of rotatable bonds is 4. The van der Waals surface area contributed by atoms with Gasteiger partial charge < -0.3 is 15.0 Å². The molecule has 2 aliphatic rings. The quantitative estimate of drug-likeness (QED) is 0.813. The third kappa shape index (κ3) is 2.66. The Balaban J connectivity index is 1.83. The number of methoxy groups -OCH3 is 1. The smallest absolute Gasteiger partial charge is 0.337 e. The Morgan fingerprint density at radius 1 is 1.32 bits per heavy atom. The number of esters is 1. The normalized spacial score (nSPS) is 17.4. The summed E-state index contributed by atoms with van der Waals surface area (Å²) in [7, 11) is 1.42. The van der Waals surface area contributed by atoms with Crippen LogP contribution in [0.15, 0.2) is 36.4 Å². The van der Waals surface area contributed by atoms with Crippen molar-refractivity contribution >= 4 is 23.0 Å². The molecule has 2 aromatic carbocycles. The lowest BCUT2D eigenvalue weighted by Gasteiger charge is -2.21. The van der Waals surface area contributed by atoms with E-state index in [4.69, 9.17) is 4.74 Å². The van der Waals surface area contributed by atoms with Crippen molar-refractivity contribution < 1.29 is 9.53 Å². The van der Waals surface area contributed by atoms with Gasteiger partial charge in [-0.3, -0.25) is 0 Å². The lowest BCUT2D eigenvalue weighted by Crippen LogP contribution is -2.14. The summed E-state index contributed by atoms with van der Waals surface area (Å²) in [5, 5.41) is 3.71. The van der Waals surface area contributed by atoms with E-state index in [1.54, 1.807) is 0 Å². The van der Waals surface area contributed by atoms with Crippen LogP contribution in [0.3, 0.4) is 0 Å². The molecular formula is C21H24N2O2. The minimum atomic E-state index is -0.293. The highest BCUT2D eigenvalue weighted by Gasteiger charge is 2.31. The minimum Gasteiger partial charge on any atom is -0.465 e. The highest BCUT2D eigenvalue weighted by molar-refractivity contribution is 5.94. The molecule has 0 aromatic heterocycles. The van der Waals surface area contributed by atoms with E-state index in [2.05, 4.69) is 35.3 Å². The Labute approximate surface area is 148 Å². The summed E-state index contributed by atoms with van der Waals surface area (Å²) < 4.78 is 4.90. The maximum Gasteiger partial charge on any atom is 0.337 e. The van der Waals surface area contributed by atoms with Gasteiger partial charge in [-0.25, -0.2) is 4.79 Å². The van der Waals surface area contributed by atoms with E-state index < -0.39 is 0 Å². The molecule has 0 fully saturated rings. The average Bonchev–Trinajstić information content (AvgIpc) is 3.02. The van der Waals surface area contributed by atoms with E-state index in [1.165, 1.54) is 36.8 Å². The fourth-order valence-corrected chi connectivity index (χ4v) is 4.04. The van der Waals surface area contributed by atoms with Crippen LogP contribution in [0.2, 0.25) is 0 Å². The maximum atomic E-state index is 12.0. The van der Waals surface area contributed by atoms with E-state index >= 15 is 0 Å². The molecule has 1 atom stereocenters. The Kier molecular flexibility index (Phi) is 4.12. The van der Waals surface area contributed by atoms with Gasteiger partial charge in [0.1, 0.15) is 0 Å². The van der Waals surface area contributed by atoms with Crippen molar-refractivity contribution in [3.8, 4) is 0 Å². The highest BCUT2D eigenvalue weighted by atomic mass is 16.5. The average molecular weight is 336 g/mol. The van der Waals surface area contributed by atoms with Crippen molar-refractivity contribution in [1.82, 2.24) is 0 Å². The molecule has 4 heteroatoms. The van der Waals surface area contributed by atoms with Gasteiger partial charge in [0, 0.05) is 12.2 Å². The second-order valence-corrected chi connectivity index (χ2v) is 6.82. The van der Waals surface area contributed by atoms with E-state index in [-0.39, 0.29) is 12.0 Å². The number of benzene rings is 2. The van der Waals surface area contributed by atoms with Gasteiger partial charge in [0.25, 0.3) is 0 Å². The number of anilines is 3. The van der Waals surface area contributed by atoms with E-state index in [0.717, 1.165) is 30.8 Å². The number of nitrogens with zero attached hydrogens (tertiary/aromatic N) is 1. The largest absolute Gasteiger partial charge is 0.465 e. The number of ether oxygens (including phenoxy) is 1. The highest BCUT2D eigenvalue weighted by Crippen LogP contribution is 2.47. The molecule has 4 nitrogen and oxygen atoms in total. The molecule has 1 N–H and O–H groups in total. The van der Waals surface area contributed by atoms with Crippen molar-refractivity contribution in [1.29, 1.82) is 0 Å². The summed E-state index contributed by atoms with van der Waals surface area (Å²) in [6, 6.07) is 12.8. The third-order valence-electron chi connectivity index (χ3n) is 5.29. The summed E-state index contributed by atoms with van der Waals surface area (Å²) in [6.07, 6.45) is 4.50. The van der Waals surface area contributed by atoms with Gasteiger partial charge in [-0.2, -0.15) is 0 Å². The van der Waals surface area contributed by atoms with Gasteiger partial charge in [-0.15, -0.1) is 0 Å². The van der Waals surface area contributed by atoms with Crippen molar-refractivity contribution in [2.24, 2.45) is 0 Å². The molecule has 25 heavy (non-hydrogen) atoms. The second kappa shape index (κ2) is 6.43. The Morgan fingerprint density at radius 2 is 2.20 bits per heavy atom. The first-order chi connectivity index (χ1) is 12.2. The first-order valence-electron chi connectivity index (χ1n) is 9.11. The second-order valence-electron chi connectivity index (χ2n) is 6.82. The molecule has 0 bridgehead atoms. The molecule has 2 heterocycles. The molecule has 4 rings (SSSR count). The minimum absolute atomic E-state index is 0.268. The molecule has 2 aliphatic heterocycles. The molecule has 0 spiro atoms. The molecule has 0 saturated heterocycles. The van der Waals surface area contributed by atoms with Crippen LogP contribution in [-0.2, 0) is 11.2 Å². The van der Waals surface area contributed by atoms with Gasteiger partial charge in [0.2, 0.25) is 0 Å². The zero-order chi connectivity index (χ0) is 17.4. The molecular weight excluding hydrogens is 312 g/mol. The van der Waals surface area contributed by atoms with Crippen LogP contribution in [0.5, 0.6) is 0 Å². The van der Waals surface area contributed by atoms with E-state index in [1.807, 2.05) is 18.2 Å². The fraction of sp³-hybridized carbons (Fsp3) is 0.381. The third-order valence-corrected chi connectivity index (χ3v) is 5.29. The van der Waals surface area contributed by atoms with Crippen LogP contribution >= 0.6 is 0 Å². The summed E-state index contributed by atoms with van der Waals surface area (Å²) in [4.78, 5) is 14.4. The first kappa shape index (κ1) is 16.0. The van der Waals surface area contributed by atoms with Crippen molar-refractivity contribution in [3.05, 3.63) is 53.1 Å². The van der Waals surface area contributed by atoms with Gasteiger partial charge in [-0.05, 0) is 42.2 Å². The van der Waals surface area contributed by atoms with Crippen molar-refractivity contribution in [2.45, 2.75) is 38.6 Å². The number of hydrogen-bond acceptors (Lipinski definition) is 4. The number of unbranched alkanes of at least 4 members (excludes halogenated alkanes) is 1. The fourth-order valence-electron chi connectivity index (χ4n) is 4.04. The van der Waals surface area contributed by atoms with Crippen molar-refractivity contribution in [2.75, 3.05) is 23.9 Å². The Morgan fingerprint density at radius 3 is 3.00 bits per heavy atom. The summed E-state index contributed by atoms with van der Waals surface area (Å²) in [6.45, 7) is 3.21. The van der Waals surface area contributed by atoms with E-state index in [0.29, 0.717) is 5.56 Å². The summed E-state index contributed by atoms with van der Waals surface area (Å²) in [5.74, 6) is -0.293. The predicted molar refractivity (Wildman–Crippen MR) is 101 cm³/mol. The lowest BCUT2D eigenvalue weighted by molar-refractivity contribution is 0.0601. The Hall–Kier alpha value is -2.49. The zero-order valence-corrected chi connectivity index (χ0v) is 14.8. The zero-order valence-electron chi connectivity index (χ0n) is 14.8. The molecule has 0 saturated carbocycles. The number of carbonyl (C=O) groups is 1. The number of nitrogens with one attached hydrogen (secondary N) is 1. The van der Waals surface area contributed by atoms with Gasteiger partial charge in [0.15, 0.2) is 0 Å². The van der Waals surface area contributed by atoms with Crippen LogP contribution in [-0.4, -0.2) is 19.6 Å². The number of para-hydroxylation sites is 1. The molecule has 130 valence electrons. The van der Waals surface area contributed by atoms with Crippen LogP contribution < -0.4 is 10.2 Å². The van der Waals surface area contributed by atoms with Gasteiger partial charge in [0.05, 0.1) is 30.1 Å². The van der Waals surface area contributed by atoms with Gasteiger partial charge in [-0.1, -0.05) is 38.0 Å². The molecule has 0 aliphatic carbocycles. The summed E-state index contributed by atoms with van der Waals surface area (Å²) in [5.41, 5.74) is 6.92. The van der Waals surface area contributed by atoms with E-state index in [9.17, 15) is 4.79 Å². The van der Waals surface area contributed by atoms with Crippen LogP contribution in [0.4, 0.5) is 17.1 Å². The SMILES string of the molecule is CCCCC1Nc2cc(C(=O)OC)ccc2N2CCc3cccc1c32. The molecule has 2 aromatic rings. The van der Waals surface area contributed by atoms with Crippen molar-refractivity contribution in [3.63, 3.8) is 0 Å². The van der Waals surface area contributed by atoms with Crippen LogP contribution in [0.25, 0.3) is 0 Å².